The molecule has 9 heteroatoms. The Labute approximate surface area is 118 Å². The molecule has 2 N–H and O–H groups in total. The van der Waals surface area contributed by atoms with Gasteiger partial charge in [0.25, 0.3) is 11.6 Å². The number of aliphatic carboxylic acids is 1. The minimum atomic E-state index is -1.25. The molecule has 1 amide bonds. The van der Waals surface area contributed by atoms with Crippen molar-refractivity contribution in [2.75, 3.05) is 5.32 Å². The molecule has 2 rings (SSSR count). The van der Waals surface area contributed by atoms with Crippen molar-refractivity contribution in [3.63, 3.8) is 0 Å². The van der Waals surface area contributed by atoms with Crippen LogP contribution >= 0.6 is 0 Å². The van der Waals surface area contributed by atoms with E-state index in [1.54, 1.807) is 0 Å². The minimum absolute atomic E-state index is 0.123. The molecule has 0 radical (unpaired) electrons. The highest BCUT2D eigenvalue weighted by molar-refractivity contribution is 6.36. The number of benzene rings is 1. The highest BCUT2D eigenvalue weighted by atomic mass is 16.6. The Morgan fingerprint density at radius 1 is 1.52 bits per heavy atom. The van der Waals surface area contributed by atoms with Gasteiger partial charge >= 0.3 is 5.97 Å². The molecule has 1 aromatic carbocycles. The van der Waals surface area contributed by atoms with Gasteiger partial charge in [0, 0.05) is 12.5 Å². The first-order chi connectivity index (χ1) is 9.90. The van der Waals surface area contributed by atoms with Gasteiger partial charge < -0.3 is 15.3 Å². The summed E-state index contributed by atoms with van der Waals surface area (Å²) in [4.78, 5) is 37.6. The number of nitrogens with one attached hydrogen (secondary N) is 1. The van der Waals surface area contributed by atoms with Crippen molar-refractivity contribution in [3.8, 4) is 0 Å². The van der Waals surface area contributed by atoms with E-state index in [4.69, 9.17) is 9.94 Å². The zero-order valence-corrected chi connectivity index (χ0v) is 10.9. The van der Waals surface area contributed by atoms with E-state index in [0.717, 1.165) is 0 Å². The van der Waals surface area contributed by atoms with Crippen molar-refractivity contribution in [1.82, 2.24) is 0 Å². The van der Waals surface area contributed by atoms with E-state index in [-0.39, 0.29) is 23.5 Å². The van der Waals surface area contributed by atoms with Crippen LogP contribution in [0, 0.1) is 17.0 Å². The lowest BCUT2D eigenvalue weighted by Gasteiger charge is -2.11. The second kappa shape index (κ2) is 5.57. The number of anilines is 1. The fourth-order valence-electron chi connectivity index (χ4n) is 1.81. The Balaban J connectivity index is 2.10. The summed E-state index contributed by atoms with van der Waals surface area (Å²) in [5, 5.41) is 25.3. The van der Waals surface area contributed by atoms with Gasteiger partial charge in [-0.05, 0) is 13.0 Å². The number of rotatable bonds is 4. The molecule has 21 heavy (non-hydrogen) atoms. The third-order valence-electron chi connectivity index (χ3n) is 2.97. The molecule has 0 aliphatic carbocycles. The number of hydrogen-bond acceptors (Lipinski definition) is 6. The number of nitro groups is 1. The van der Waals surface area contributed by atoms with Crippen molar-refractivity contribution >= 4 is 29.0 Å². The van der Waals surface area contributed by atoms with Gasteiger partial charge in [0.15, 0.2) is 5.71 Å². The molecular formula is C12H11N3O6. The van der Waals surface area contributed by atoms with Crippen molar-refractivity contribution in [2.24, 2.45) is 5.16 Å². The zero-order chi connectivity index (χ0) is 15.6. The summed E-state index contributed by atoms with van der Waals surface area (Å²) in [5.41, 5.74) is 0.198. The summed E-state index contributed by atoms with van der Waals surface area (Å²) >= 11 is 0. The van der Waals surface area contributed by atoms with E-state index >= 15 is 0 Å². The third kappa shape index (κ3) is 2.96. The molecule has 0 fully saturated rings. The molecule has 1 aromatic rings. The van der Waals surface area contributed by atoms with E-state index < -0.39 is 22.9 Å². The second-order valence-corrected chi connectivity index (χ2v) is 4.34. The number of hydrogen-bond donors (Lipinski definition) is 2. The molecule has 0 aromatic heterocycles. The fraction of sp³-hybridized carbons (Fsp3) is 0.250. The van der Waals surface area contributed by atoms with Crippen LogP contribution in [0.4, 0.5) is 11.4 Å². The van der Waals surface area contributed by atoms with Gasteiger partial charge in [-0.1, -0.05) is 11.2 Å². The predicted octanol–water partition coefficient (Wildman–Crippen LogP) is 1.07. The van der Waals surface area contributed by atoms with E-state index in [2.05, 4.69) is 10.5 Å². The van der Waals surface area contributed by atoms with Crippen LogP contribution in [0.15, 0.2) is 23.4 Å². The number of nitrogens with zero attached hydrogens (tertiary/aromatic N) is 2. The summed E-state index contributed by atoms with van der Waals surface area (Å²) in [5.74, 6) is -1.87. The average molecular weight is 293 g/mol. The fourth-order valence-corrected chi connectivity index (χ4v) is 1.81. The maximum Gasteiger partial charge on any atom is 0.353 e. The summed E-state index contributed by atoms with van der Waals surface area (Å²) in [6.45, 7) is 1.50. The Kier molecular flexibility index (Phi) is 3.83. The topological polar surface area (TPSA) is 131 Å². The zero-order valence-electron chi connectivity index (χ0n) is 10.9. The van der Waals surface area contributed by atoms with E-state index in [0.29, 0.717) is 5.56 Å². The van der Waals surface area contributed by atoms with Crippen LogP contribution in [0.5, 0.6) is 0 Å². The van der Waals surface area contributed by atoms with Crippen molar-refractivity contribution < 1.29 is 24.5 Å². The van der Waals surface area contributed by atoms with Crippen LogP contribution in [0.1, 0.15) is 12.0 Å². The number of oxime groups is 1. The number of carboxylic acid groups (broad SMARTS) is 1. The summed E-state index contributed by atoms with van der Waals surface area (Å²) in [7, 11) is 0. The molecule has 0 saturated heterocycles. The second-order valence-electron chi connectivity index (χ2n) is 4.34. The van der Waals surface area contributed by atoms with Gasteiger partial charge in [-0.3, -0.25) is 14.9 Å². The first-order valence-electron chi connectivity index (χ1n) is 5.91. The number of carboxylic acids is 1. The van der Waals surface area contributed by atoms with Gasteiger partial charge in [0.05, 0.1) is 16.2 Å². The molecule has 1 unspecified atom stereocenters. The maximum atomic E-state index is 11.9. The Hall–Kier alpha value is -2.97. The van der Waals surface area contributed by atoms with Crippen LogP contribution in [-0.4, -0.2) is 33.7 Å². The first-order valence-corrected chi connectivity index (χ1v) is 5.91. The molecule has 0 saturated carbocycles. The smallest absolute Gasteiger partial charge is 0.353 e. The van der Waals surface area contributed by atoms with Crippen LogP contribution in [-0.2, 0) is 14.4 Å². The molecule has 0 bridgehead atoms. The van der Waals surface area contributed by atoms with Gasteiger partial charge in [-0.15, -0.1) is 0 Å². The Bertz CT molecular complexity index is 654. The maximum absolute atomic E-state index is 11.9. The van der Waals surface area contributed by atoms with E-state index in [9.17, 15) is 19.7 Å². The van der Waals surface area contributed by atoms with Crippen LogP contribution < -0.4 is 5.32 Å². The van der Waals surface area contributed by atoms with E-state index in [1.807, 2.05) is 0 Å². The van der Waals surface area contributed by atoms with Crippen LogP contribution in [0.2, 0.25) is 0 Å². The summed E-state index contributed by atoms with van der Waals surface area (Å²) < 4.78 is 0. The normalized spacial score (nSPS) is 16.8. The van der Waals surface area contributed by atoms with Gasteiger partial charge in [0.2, 0.25) is 6.10 Å². The summed E-state index contributed by atoms with van der Waals surface area (Å²) in [6.07, 6.45) is -1.22. The monoisotopic (exact) mass is 293 g/mol. The Morgan fingerprint density at radius 2 is 2.24 bits per heavy atom. The molecule has 1 heterocycles. The summed E-state index contributed by atoms with van der Waals surface area (Å²) in [6, 6.07) is 4.27. The van der Waals surface area contributed by atoms with Crippen LogP contribution in [0.25, 0.3) is 0 Å². The van der Waals surface area contributed by atoms with Crippen LogP contribution in [0.3, 0.4) is 0 Å². The van der Waals surface area contributed by atoms with Crippen molar-refractivity contribution in [1.29, 1.82) is 0 Å². The number of amides is 1. The highest BCUT2D eigenvalue weighted by Gasteiger charge is 2.32. The lowest BCUT2D eigenvalue weighted by Crippen LogP contribution is -2.29. The average Bonchev–Trinajstić information content (AvgIpc) is 2.90. The van der Waals surface area contributed by atoms with Gasteiger partial charge in [0.1, 0.15) is 0 Å². The number of nitro benzene ring substituents is 1. The lowest BCUT2D eigenvalue weighted by atomic mass is 10.1. The van der Waals surface area contributed by atoms with Gasteiger partial charge in [-0.25, -0.2) is 4.79 Å². The molecule has 1 aliphatic rings. The lowest BCUT2D eigenvalue weighted by molar-refractivity contribution is -0.385. The van der Waals surface area contributed by atoms with Crippen molar-refractivity contribution in [2.45, 2.75) is 19.4 Å². The predicted molar refractivity (Wildman–Crippen MR) is 71.0 cm³/mol. The Morgan fingerprint density at radius 3 is 2.81 bits per heavy atom. The standard InChI is InChI=1S/C12H11N3O6/c1-6-7(3-2-4-9(6)15(19)20)13-11(16)10-5-8(12(17)18)14-21-10/h2-4,10H,5H2,1H3,(H,13,16)(H,17,18). The first kappa shape index (κ1) is 14.4. The molecule has 1 atom stereocenters. The largest absolute Gasteiger partial charge is 0.477 e. The molecule has 0 spiro atoms. The number of carbonyl (C=O) groups excluding carboxylic acids is 1. The third-order valence-corrected chi connectivity index (χ3v) is 2.97. The highest BCUT2D eigenvalue weighted by Crippen LogP contribution is 2.25. The SMILES string of the molecule is Cc1c(NC(=O)C2CC(C(=O)O)=NO2)cccc1[N+](=O)[O-]. The molecular weight excluding hydrogens is 282 g/mol. The van der Waals surface area contributed by atoms with E-state index in [1.165, 1.54) is 25.1 Å². The molecule has 1 aliphatic heterocycles. The quantitative estimate of drug-likeness (QED) is 0.630. The minimum Gasteiger partial charge on any atom is -0.477 e. The molecule has 9 nitrogen and oxygen atoms in total. The molecule has 110 valence electrons. The van der Waals surface area contributed by atoms with Gasteiger partial charge in [-0.2, -0.15) is 0 Å². The van der Waals surface area contributed by atoms with Crippen molar-refractivity contribution in [3.05, 3.63) is 33.9 Å². The number of carbonyl (C=O) groups is 2.